The van der Waals surface area contributed by atoms with Gasteiger partial charge in [0.1, 0.15) is 0 Å². The van der Waals surface area contributed by atoms with Crippen LogP contribution in [0.2, 0.25) is 0 Å². The van der Waals surface area contributed by atoms with Crippen molar-refractivity contribution in [1.29, 1.82) is 0 Å². The maximum absolute atomic E-state index is 10.2. The van der Waals surface area contributed by atoms with E-state index in [4.69, 9.17) is 0 Å². The number of carbonyl (C=O) groups excluding carboxylic acids is 1. The molecule has 0 saturated heterocycles. The Kier molecular flexibility index (Phi) is 4.08. The van der Waals surface area contributed by atoms with E-state index in [2.05, 4.69) is 13.8 Å². The van der Waals surface area contributed by atoms with Crippen molar-refractivity contribution in [1.82, 2.24) is 0 Å². The molecule has 0 rings (SSSR count). The van der Waals surface area contributed by atoms with E-state index in [0.29, 0.717) is 5.92 Å². The van der Waals surface area contributed by atoms with Crippen molar-refractivity contribution in [3.05, 3.63) is 0 Å². The monoisotopic (exact) mass is 143 g/mol. The van der Waals surface area contributed by atoms with Crippen LogP contribution in [0.25, 0.3) is 0 Å². The lowest BCUT2D eigenvalue weighted by Crippen LogP contribution is -2.30. The first-order valence-corrected chi connectivity index (χ1v) is 3.78. The maximum atomic E-state index is 10.2. The lowest BCUT2D eigenvalue weighted by molar-refractivity contribution is -0.311. The summed E-state index contributed by atoms with van der Waals surface area (Å²) in [5.41, 5.74) is 0. The molecule has 0 unspecified atom stereocenters. The quantitative estimate of drug-likeness (QED) is 0.584. The van der Waals surface area contributed by atoms with Gasteiger partial charge in [-0.15, -0.1) is 0 Å². The van der Waals surface area contributed by atoms with Crippen molar-refractivity contribution < 1.29 is 9.90 Å². The van der Waals surface area contributed by atoms with Gasteiger partial charge in [-0.1, -0.05) is 27.2 Å². The minimum absolute atomic E-state index is 0.296. The molecule has 0 bridgehead atoms. The lowest BCUT2D eigenvalue weighted by Gasteiger charge is -2.15. The second-order valence-electron chi connectivity index (χ2n) is 2.97. The largest absolute Gasteiger partial charge is 0.550 e. The number of carboxylic acid groups (broad SMARTS) is 1. The summed E-state index contributed by atoms with van der Waals surface area (Å²) in [6.45, 7) is 5.81. The Morgan fingerprint density at radius 2 is 2.00 bits per heavy atom. The lowest BCUT2D eigenvalue weighted by atomic mass is 9.96. The minimum atomic E-state index is -0.930. The normalized spacial score (nSPS) is 16.3. The van der Waals surface area contributed by atoms with Crippen molar-refractivity contribution in [2.75, 3.05) is 0 Å². The van der Waals surface area contributed by atoms with Crippen molar-refractivity contribution in [3.63, 3.8) is 0 Å². The Balaban J connectivity index is 3.56. The van der Waals surface area contributed by atoms with E-state index in [1.165, 1.54) is 0 Å². The molecule has 0 aliphatic rings. The Hall–Kier alpha value is -0.530. The van der Waals surface area contributed by atoms with Crippen molar-refractivity contribution in [2.24, 2.45) is 11.8 Å². The Morgan fingerprint density at radius 3 is 2.30 bits per heavy atom. The van der Waals surface area contributed by atoms with Crippen LogP contribution in [0.4, 0.5) is 0 Å². The van der Waals surface area contributed by atoms with Gasteiger partial charge in [0.05, 0.1) is 0 Å². The summed E-state index contributed by atoms with van der Waals surface area (Å²) < 4.78 is 0. The van der Waals surface area contributed by atoms with E-state index < -0.39 is 5.97 Å². The van der Waals surface area contributed by atoms with Crippen LogP contribution in [0.15, 0.2) is 0 Å². The Bertz CT molecular complexity index is 110. The molecule has 2 heteroatoms. The van der Waals surface area contributed by atoms with E-state index >= 15 is 0 Å². The van der Waals surface area contributed by atoms with Crippen molar-refractivity contribution >= 4 is 5.97 Å². The van der Waals surface area contributed by atoms with Crippen molar-refractivity contribution in [3.8, 4) is 0 Å². The van der Waals surface area contributed by atoms with Gasteiger partial charge in [0, 0.05) is 5.97 Å². The molecule has 0 fully saturated rings. The fourth-order valence-corrected chi connectivity index (χ4v) is 0.866. The zero-order valence-corrected chi connectivity index (χ0v) is 6.89. The zero-order valence-electron chi connectivity index (χ0n) is 6.89. The molecule has 2 atom stereocenters. The van der Waals surface area contributed by atoms with Crippen molar-refractivity contribution in [2.45, 2.75) is 33.6 Å². The number of hydrogen-bond donors (Lipinski definition) is 0. The van der Waals surface area contributed by atoms with E-state index in [9.17, 15) is 9.90 Å². The predicted octanol–water partition coefficient (Wildman–Crippen LogP) is 0.809. The predicted molar refractivity (Wildman–Crippen MR) is 38.2 cm³/mol. The molecule has 0 aromatic rings. The van der Waals surface area contributed by atoms with Crippen LogP contribution >= 0.6 is 0 Å². The molecule has 0 aliphatic heterocycles. The summed E-state index contributed by atoms with van der Waals surface area (Å²) in [5.74, 6) is -0.733. The van der Waals surface area contributed by atoms with Crippen LogP contribution in [-0.2, 0) is 4.79 Å². The van der Waals surface area contributed by atoms with Gasteiger partial charge in [-0.2, -0.15) is 0 Å². The number of hydrogen-bond acceptors (Lipinski definition) is 2. The van der Waals surface area contributed by atoms with Gasteiger partial charge in [-0.05, 0) is 18.3 Å². The number of carboxylic acids is 1. The molecule has 0 aromatic heterocycles. The fraction of sp³-hybridized carbons (Fsp3) is 0.875. The van der Waals surface area contributed by atoms with E-state index in [0.717, 1.165) is 12.8 Å². The third-order valence-electron chi connectivity index (χ3n) is 1.86. The van der Waals surface area contributed by atoms with Crippen LogP contribution in [0.1, 0.15) is 33.6 Å². The molecule has 0 radical (unpaired) electrons. The van der Waals surface area contributed by atoms with Crippen LogP contribution < -0.4 is 5.11 Å². The first kappa shape index (κ1) is 9.47. The highest BCUT2D eigenvalue weighted by atomic mass is 16.4. The van der Waals surface area contributed by atoms with Crippen LogP contribution in [0.5, 0.6) is 0 Å². The Labute approximate surface area is 62.2 Å². The van der Waals surface area contributed by atoms with E-state index in [1.54, 1.807) is 6.92 Å². The van der Waals surface area contributed by atoms with Crippen LogP contribution in [-0.4, -0.2) is 5.97 Å². The van der Waals surface area contributed by atoms with Crippen LogP contribution in [0.3, 0.4) is 0 Å². The highest BCUT2D eigenvalue weighted by molar-refractivity contribution is 5.66. The molecule has 0 heterocycles. The highest BCUT2D eigenvalue weighted by Gasteiger charge is 2.06. The van der Waals surface area contributed by atoms with Gasteiger partial charge in [-0.3, -0.25) is 0 Å². The van der Waals surface area contributed by atoms with Gasteiger partial charge >= 0.3 is 0 Å². The first-order valence-electron chi connectivity index (χ1n) is 3.78. The maximum Gasteiger partial charge on any atom is 0.0442 e. The molecule has 0 amide bonds. The first-order chi connectivity index (χ1) is 4.57. The molecule has 0 aromatic carbocycles. The average molecular weight is 143 g/mol. The summed E-state index contributed by atoms with van der Waals surface area (Å²) in [4.78, 5) is 10.2. The fourth-order valence-electron chi connectivity index (χ4n) is 0.866. The average Bonchev–Trinajstić information content (AvgIpc) is 1.87. The molecule has 0 aliphatic carbocycles. The highest BCUT2D eigenvalue weighted by Crippen LogP contribution is 2.13. The molecule has 0 spiro atoms. The third kappa shape index (κ3) is 3.49. The van der Waals surface area contributed by atoms with E-state index in [1.807, 2.05) is 0 Å². The Morgan fingerprint density at radius 1 is 1.50 bits per heavy atom. The molecule has 2 nitrogen and oxygen atoms in total. The van der Waals surface area contributed by atoms with Gasteiger partial charge < -0.3 is 9.90 Å². The van der Waals surface area contributed by atoms with Gasteiger partial charge in [0.2, 0.25) is 0 Å². The summed E-state index contributed by atoms with van der Waals surface area (Å²) in [7, 11) is 0. The summed E-state index contributed by atoms with van der Waals surface area (Å²) in [6, 6.07) is 0. The van der Waals surface area contributed by atoms with Gasteiger partial charge in [0.25, 0.3) is 0 Å². The molecule has 0 N–H and O–H groups in total. The molecular formula is C8H15O2-. The third-order valence-corrected chi connectivity index (χ3v) is 1.86. The smallest absolute Gasteiger partial charge is 0.0442 e. The molecule has 0 saturated carbocycles. The standard InChI is InChI=1S/C8H16O2/c1-4-6(2)5-7(3)8(9)10/h6-7H,4-5H2,1-3H3,(H,9,10)/p-1/t6-,7+/m0/s1. The van der Waals surface area contributed by atoms with Gasteiger partial charge in [0.15, 0.2) is 0 Å². The number of carbonyl (C=O) groups is 1. The minimum Gasteiger partial charge on any atom is -0.550 e. The van der Waals surface area contributed by atoms with Gasteiger partial charge in [-0.25, -0.2) is 0 Å². The second-order valence-corrected chi connectivity index (χ2v) is 2.97. The summed E-state index contributed by atoms with van der Waals surface area (Å²) in [6.07, 6.45) is 1.77. The topological polar surface area (TPSA) is 40.1 Å². The number of rotatable bonds is 4. The molecule has 60 valence electrons. The molecular weight excluding hydrogens is 128 g/mol. The molecule has 10 heavy (non-hydrogen) atoms. The second kappa shape index (κ2) is 4.31. The zero-order chi connectivity index (χ0) is 8.15. The van der Waals surface area contributed by atoms with Crippen LogP contribution in [0, 0.1) is 11.8 Å². The summed E-state index contributed by atoms with van der Waals surface area (Å²) >= 11 is 0. The summed E-state index contributed by atoms with van der Waals surface area (Å²) in [5, 5.41) is 10.2. The van der Waals surface area contributed by atoms with E-state index in [-0.39, 0.29) is 5.92 Å². The number of aliphatic carboxylic acids is 1. The SMILES string of the molecule is CC[C@H](C)C[C@@H](C)C(=O)[O-].